The molecule has 18 heavy (non-hydrogen) atoms. The lowest BCUT2D eigenvalue weighted by Gasteiger charge is -2.31. The van der Waals surface area contributed by atoms with Gasteiger partial charge >= 0.3 is 0 Å². The van der Waals surface area contributed by atoms with Crippen LogP contribution in [0.5, 0.6) is 0 Å². The van der Waals surface area contributed by atoms with E-state index in [0.29, 0.717) is 0 Å². The van der Waals surface area contributed by atoms with E-state index in [4.69, 9.17) is 11.6 Å². The number of fused-ring (bicyclic) bond motifs is 1. The SMILES string of the molecule is ClC1C=NC(N2CCc3ncnc(Br)c3C2)=CC1. The normalized spacial score (nSPS) is 22.7. The van der Waals surface area contributed by atoms with Crippen LogP contribution < -0.4 is 0 Å². The van der Waals surface area contributed by atoms with Crippen LogP contribution in [0.2, 0.25) is 0 Å². The summed E-state index contributed by atoms with van der Waals surface area (Å²) in [4.78, 5) is 15.2. The van der Waals surface area contributed by atoms with Crippen molar-refractivity contribution in [3.8, 4) is 0 Å². The van der Waals surface area contributed by atoms with Gasteiger partial charge in [0.2, 0.25) is 0 Å². The summed E-state index contributed by atoms with van der Waals surface area (Å²) in [6.07, 6.45) is 7.28. The zero-order chi connectivity index (χ0) is 12.5. The van der Waals surface area contributed by atoms with E-state index in [9.17, 15) is 0 Å². The summed E-state index contributed by atoms with van der Waals surface area (Å²) in [5.41, 5.74) is 2.29. The molecule has 0 spiro atoms. The minimum atomic E-state index is 0.0286. The van der Waals surface area contributed by atoms with Crippen molar-refractivity contribution in [1.29, 1.82) is 0 Å². The van der Waals surface area contributed by atoms with Crippen molar-refractivity contribution in [2.24, 2.45) is 4.99 Å². The zero-order valence-corrected chi connectivity index (χ0v) is 12.0. The van der Waals surface area contributed by atoms with Crippen molar-refractivity contribution >= 4 is 33.7 Å². The molecule has 2 aliphatic heterocycles. The molecule has 0 fully saturated rings. The second-order valence-electron chi connectivity index (χ2n) is 4.35. The van der Waals surface area contributed by atoms with Crippen molar-refractivity contribution in [3.05, 3.63) is 34.1 Å². The van der Waals surface area contributed by atoms with Crippen molar-refractivity contribution in [1.82, 2.24) is 14.9 Å². The molecule has 0 N–H and O–H groups in total. The largest absolute Gasteiger partial charge is 0.352 e. The van der Waals surface area contributed by atoms with Gasteiger partial charge in [-0.25, -0.2) is 15.0 Å². The van der Waals surface area contributed by atoms with Crippen molar-refractivity contribution < 1.29 is 0 Å². The van der Waals surface area contributed by atoms with Gasteiger partial charge in [0.1, 0.15) is 16.8 Å². The van der Waals surface area contributed by atoms with E-state index >= 15 is 0 Å². The Bertz CT molecular complexity index is 529. The molecular weight excluding hydrogens is 316 g/mol. The van der Waals surface area contributed by atoms with Gasteiger partial charge in [0, 0.05) is 31.3 Å². The molecule has 0 saturated heterocycles. The molecule has 1 atom stereocenters. The first-order chi connectivity index (χ1) is 8.74. The van der Waals surface area contributed by atoms with Gasteiger partial charge in [-0.3, -0.25) is 0 Å². The van der Waals surface area contributed by atoms with E-state index in [1.807, 2.05) is 6.21 Å². The summed E-state index contributed by atoms with van der Waals surface area (Å²) in [6, 6.07) is 0. The lowest BCUT2D eigenvalue weighted by atomic mass is 10.1. The molecule has 0 aromatic carbocycles. The molecule has 0 aliphatic carbocycles. The average Bonchev–Trinajstić information content (AvgIpc) is 2.40. The van der Waals surface area contributed by atoms with Gasteiger partial charge in [-0.1, -0.05) is 0 Å². The summed E-state index contributed by atoms with van der Waals surface area (Å²) in [5, 5.41) is 0.0286. The Morgan fingerprint density at radius 3 is 3.06 bits per heavy atom. The number of nitrogens with zero attached hydrogens (tertiary/aromatic N) is 4. The van der Waals surface area contributed by atoms with Crippen molar-refractivity contribution in [3.63, 3.8) is 0 Å². The summed E-state index contributed by atoms with van der Waals surface area (Å²) in [5.74, 6) is 1.01. The summed E-state index contributed by atoms with van der Waals surface area (Å²) >= 11 is 9.47. The van der Waals surface area contributed by atoms with Crippen LogP contribution in [-0.2, 0) is 13.0 Å². The fourth-order valence-electron chi connectivity index (χ4n) is 2.20. The van der Waals surface area contributed by atoms with Crippen LogP contribution in [0.15, 0.2) is 27.8 Å². The van der Waals surface area contributed by atoms with Gasteiger partial charge in [-0.15, -0.1) is 11.6 Å². The first-order valence-corrected chi connectivity index (χ1v) is 7.08. The maximum Gasteiger partial charge on any atom is 0.124 e. The maximum atomic E-state index is 5.99. The molecule has 1 aromatic rings. The molecule has 0 radical (unpaired) electrons. The predicted octanol–water partition coefficient (Wildman–Crippen LogP) is 2.52. The molecule has 6 heteroatoms. The van der Waals surface area contributed by atoms with Gasteiger partial charge in [-0.2, -0.15) is 0 Å². The van der Waals surface area contributed by atoms with Crippen LogP contribution in [-0.4, -0.2) is 33.0 Å². The van der Waals surface area contributed by atoms with E-state index in [1.54, 1.807) is 6.33 Å². The van der Waals surface area contributed by atoms with Crippen molar-refractivity contribution in [2.75, 3.05) is 6.54 Å². The van der Waals surface area contributed by atoms with Crippen molar-refractivity contribution in [2.45, 2.75) is 24.8 Å². The van der Waals surface area contributed by atoms with Crippen LogP contribution in [0.3, 0.4) is 0 Å². The summed E-state index contributed by atoms with van der Waals surface area (Å²) < 4.78 is 0.882. The number of allylic oxidation sites excluding steroid dienone is 1. The molecule has 3 heterocycles. The second-order valence-corrected chi connectivity index (χ2v) is 5.67. The molecule has 3 rings (SSSR count). The highest BCUT2D eigenvalue weighted by Crippen LogP contribution is 2.26. The third kappa shape index (κ3) is 2.29. The molecular formula is C12H12BrClN4. The molecule has 2 aliphatic rings. The summed E-state index contributed by atoms with van der Waals surface area (Å²) in [7, 11) is 0. The topological polar surface area (TPSA) is 41.4 Å². The minimum Gasteiger partial charge on any atom is -0.352 e. The number of aromatic nitrogens is 2. The number of alkyl halides is 1. The Kier molecular flexibility index (Phi) is 3.35. The Hall–Kier alpha value is -0.940. The van der Waals surface area contributed by atoms with Gasteiger partial charge in [-0.05, 0) is 28.4 Å². The Morgan fingerprint density at radius 2 is 2.28 bits per heavy atom. The predicted molar refractivity (Wildman–Crippen MR) is 74.7 cm³/mol. The van der Waals surface area contributed by atoms with E-state index in [-0.39, 0.29) is 5.38 Å². The van der Waals surface area contributed by atoms with E-state index < -0.39 is 0 Å². The maximum absolute atomic E-state index is 5.99. The van der Waals surface area contributed by atoms with Crippen LogP contribution >= 0.6 is 27.5 Å². The second kappa shape index (κ2) is 4.97. The van der Waals surface area contributed by atoms with Gasteiger partial charge in [0.15, 0.2) is 0 Å². The standard InChI is InChI=1S/C12H12BrClN4/c13-12-9-6-18(4-3-10(9)16-7-17-12)11-2-1-8(14)5-15-11/h2,5,7-8H,1,3-4,6H2. The van der Waals surface area contributed by atoms with Gasteiger partial charge < -0.3 is 4.90 Å². The molecule has 1 unspecified atom stereocenters. The molecule has 0 amide bonds. The number of halogens is 2. The third-order valence-electron chi connectivity index (χ3n) is 3.17. The number of rotatable bonds is 1. The first kappa shape index (κ1) is 12.1. The van der Waals surface area contributed by atoms with E-state index in [0.717, 1.165) is 47.6 Å². The smallest absolute Gasteiger partial charge is 0.124 e. The third-order valence-corrected chi connectivity index (χ3v) is 4.14. The molecule has 4 nitrogen and oxygen atoms in total. The molecule has 94 valence electrons. The highest BCUT2D eigenvalue weighted by Gasteiger charge is 2.22. The number of hydrogen-bond acceptors (Lipinski definition) is 4. The molecule has 1 aromatic heterocycles. The van der Waals surface area contributed by atoms with E-state index in [2.05, 4.69) is 41.9 Å². The van der Waals surface area contributed by atoms with Crippen LogP contribution in [0.1, 0.15) is 17.7 Å². The Labute approximate surface area is 119 Å². The Morgan fingerprint density at radius 1 is 1.39 bits per heavy atom. The number of aliphatic imine (C=N–C) groups is 1. The van der Waals surface area contributed by atoms with Crippen LogP contribution in [0.4, 0.5) is 0 Å². The average molecular weight is 328 g/mol. The van der Waals surface area contributed by atoms with Gasteiger partial charge in [0.25, 0.3) is 0 Å². The monoisotopic (exact) mass is 326 g/mol. The van der Waals surface area contributed by atoms with Crippen LogP contribution in [0.25, 0.3) is 0 Å². The number of hydrogen-bond donors (Lipinski definition) is 0. The highest BCUT2D eigenvalue weighted by atomic mass is 79.9. The van der Waals surface area contributed by atoms with Gasteiger partial charge in [0.05, 0.1) is 11.1 Å². The lowest BCUT2D eigenvalue weighted by molar-refractivity contribution is 0.312. The quantitative estimate of drug-likeness (QED) is 0.588. The zero-order valence-electron chi connectivity index (χ0n) is 9.68. The summed E-state index contributed by atoms with van der Waals surface area (Å²) in [6.45, 7) is 1.74. The Balaban J connectivity index is 1.83. The fourth-order valence-corrected chi connectivity index (χ4v) is 2.79. The first-order valence-electron chi connectivity index (χ1n) is 5.85. The highest BCUT2D eigenvalue weighted by molar-refractivity contribution is 9.10. The fraction of sp³-hybridized carbons (Fsp3) is 0.417. The lowest BCUT2D eigenvalue weighted by Crippen LogP contribution is -2.31. The van der Waals surface area contributed by atoms with E-state index in [1.165, 1.54) is 0 Å². The molecule has 0 bridgehead atoms. The minimum absolute atomic E-state index is 0.0286. The molecule has 0 saturated carbocycles. The van der Waals surface area contributed by atoms with Crippen LogP contribution in [0, 0.1) is 0 Å².